The van der Waals surface area contributed by atoms with Crippen LogP contribution < -0.4 is 4.80 Å². The molecule has 0 spiro atoms. The third kappa shape index (κ3) is 3.14. The summed E-state index contributed by atoms with van der Waals surface area (Å²) >= 11 is 8.55. The molecule has 114 valence electrons. The van der Waals surface area contributed by atoms with Crippen LogP contribution >= 0.6 is 34.3 Å². The van der Waals surface area contributed by atoms with Gasteiger partial charge in [-0.25, -0.2) is 4.39 Å². The van der Waals surface area contributed by atoms with Crippen LogP contribution in [0.25, 0.3) is 10.2 Å². The van der Waals surface area contributed by atoms with Gasteiger partial charge in [0.15, 0.2) is 4.80 Å². The molecule has 0 aliphatic rings. The van der Waals surface area contributed by atoms with Crippen LogP contribution in [-0.4, -0.2) is 10.5 Å². The molecule has 3 aromatic rings. The summed E-state index contributed by atoms with van der Waals surface area (Å²) < 4.78 is 16.7. The Bertz CT molecular complexity index is 910. The van der Waals surface area contributed by atoms with Gasteiger partial charge in [0.25, 0.3) is 5.91 Å². The molecule has 0 saturated heterocycles. The Kier molecular flexibility index (Phi) is 4.42. The predicted octanol–water partition coefficient (Wildman–Crippen LogP) is 4.25. The maximum atomic E-state index is 13.3. The monoisotopic (exact) mass is 354 g/mol. The highest BCUT2D eigenvalue weighted by molar-refractivity contribution is 7.16. The van der Waals surface area contributed by atoms with E-state index in [-0.39, 0.29) is 18.1 Å². The number of thiophene rings is 1. The standard InChI is InChI=1S/C15H12ClFN2OS2/c1-2-19-11-5-3-9(17)7-12(11)22-15(19)18-14(20)8-10-4-6-13(16)21-10/h3-7H,2,8H2,1H3. The van der Waals surface area contributed by atoms with Crippen molar-refractivity contribution in [2.24, 2.45) is 4.99 Å². The highest BCUT2D eigenvalue weighted by atomic mass is 35.5. The first-order chi connectivity index (χ1) is 10.6. The Hall–Kier alpha value is -1.50. The zero-order chi connectivity index (χ0) is 15.7. The molecule has 0 saturated carbocycles. The molecule has 0 aliphatic carbocycles. The van der Waals surface area contributed by atoms with E-state index in [4.69, 9.17) is 11.6 Å². The van der Waals surface area contributed by atoms with E-state index < -0.39 is 0 Å². The van der Waals surface area contributed by atoms with E-state index in [1.807, 2.05) is 17.6 Å². The van der Waals surface area contributed by atoms with Gasteiger partial charge in [-0.2, -0.15) is 4.99 Å². The third-order valence-electron chi connectivity index (χ3n) is 3.14. The third-order valence-corrected chi connectivity index (χ3v) is 5.41. The van der Waals surface area contributed by atoms with Gasteiger partial charge in [-0.1, -0.05) is 22.9 Å². The normalized spacial score (nSPS) is 12.2. The summed E-state index contributed by atoms with van der Waals surface area (Å²) in [5.74, 6) is -0.518. The summed E-state index contributed by atoms with van der Waals surface area (Å²) in [6.45, 7) is 2.64. The van der Waals surface area contributed by atoms with Gasteiger partial charge in [-0.15, -0.1) is 11.3 Å². The Morgan fingerprint density at radius 3 is 2.82 bits per heavy atom. The number of thiazole rings is 1. The molecule has 1 aromatic carbocycles. The van der Waals surface area contributed by atoms with Gasteiger partial charge in [-0.3, -0.25) is 4.79 Å². The van der Waals surface area contributed by atoms with Crippen molar-refractivity contribution in [3.8, 4) is 0 Å². The van der Waals surface area contributed by atoms with Crippen LogP contribution in [0.3, 0.4) is 0 Å². The largest absolute Gasteiger partial charge is 0.317 e. The number of nitrogens with zero attached hydrogens (tertiary/aromatic N) is 2. The number of fused-ring (bicyclic) bond motifs is 1. The van der Waals surface area contributed by atoms with Crippen LogP contribution in [0.5, 0.6) is 0 Å². The first-order valence-electron chi connectivity index (χ1n) is 6.67. The minimum atomic E-state index is -0.289. The molecule has 7 heteroatoms. The topological polar surface area (TPSA) is 34.4 Å². The first kappa shape index (κ1) is 15.4. The number of carbonyl (C=O) groups is 1. The summed E-state index contributed by atoms with van der Waals surface area (Å²) in [5.41, 5.74) is 0.889. The summed E-state index contributed by atoms with van der Waals surface area (Å²) in [7, 11) is 0. The predicted molar refractivity (Wildman–Crippen MR) is 89.1 cm³/mol. The molecule has 0 aliphatic heterocycles. The van der Waals surface area contributed by atoms with Crippen LogP contribution in [0.4, 0.5) is 4.39 Å². The zero-order valence-corrected chi connectivity index (χ0v) is 14.1. The maximum Gasteiger partial charge on any atom is 0.253 e. The first-order valence-corrected chi connectivity index (χ1v) is 8.68. The van der Waals surface area contributed by atoms with Gasteiger partial charge in [0.1, 0.15) is 5.82 Å². The van der Waals surface area contributed by atoms with Gasteiger partial charge in [0.05, 0.1) is 21.0 Å². The summed E-state index contributed by atoms with van der Waals surface area (Å²) in [6, 6.07) is 8.19. The second kappa shape index (κ2) is 6.32. The van der Waals surface area contributed by atoms with Crippen molar-refractivity contribution >= 4 is 50.4 Å². The van der Waals surface area contributed by atoms with Crippen LogP contribution in [0.15, 0.2) is 35.3 Å². The van der Waals surface area contributed by atoms with Crippen LogP contribution in [0, 0.1) is 5.82 Å². The lowest BCUT2D eigenvalue weighted by molar-refractivity contribution is -0.117. The fourth-order valence-corrected chi connectivity index (χ4v) is 4.39. The zero-order valence-electron chi connectivity index (χ0n) is 11.7. The smallest absolute Gasteiger partial charge is 0.253 e. The maximum absolute atomic E-state index is 13.3. The summed E-state index contributed by atoms with van der Waals surface area (Å²) in [6.07, 6.45) is 0.226. The molecule has 1 amide bonds. The Morgan fingerprint density at radius 2 is 2.14 bits per heavy atom. The molecular formula is C15H12ClFN2OS2. The number of rotatable bonds is 3. The molecule has 22 heavy (non-hydrogen) atoms. The second-order valence-corrected chi connectivity index (χ2v) is 7.44. The summed E-state index contributed by atoms with van der Waals surface area (Å²) in [4.78, 5) is 17.8. The molecule has 0 atom stereocenters. The Balaban J connectivity index is 1.99. The highest BCUT2D eigenvalue weighted by Crippen LogP contribution is 2.22. The molecule has 0 N–H and O–H groups in total. The van der Waals surface area contributed by atoms with Gasteiger partial charge < -0.3 is 4.57 Å². The number of carbonyl (C=O) groups excluding carboxylic acids is 1. The van der Waals surface area contributed by atoms with Crippen molar-refractivity contribution in [1.82, 2.24) is 4.57 Å². The van der Waals surface area contributed by atoms with Crippen molar-refractivity contribution in [1.29, 1.82) is 0 Å². The van der Waals surface area contributed by atoms with E-state index in [0.29, 0.717) is 15.7 Å². The van der Waals surface area contributed by atoms with Crippen LogP contribution in [0.1, 0.15) is 11.8 Å². The van der Waals surface area contributed by atoms with Crippen molar-refractivity contribution < 1.29 is 9.18 Å². The van der Waals surface area contributed by atoms with E-state index in [1.54, 1.807) is 12.1 Å². The number of hydrogen-bond acceptors (Lipinski definition) is 3. The van der Waals surface area contributed by atoms with E-state index >= 15 is 0 Å². The quantitative estimate of drug-likeness (QED) is 0.692. The van der Waals surface area contributed by atoms with Crippen molar-refractivity contribution in [2.45, 2.75) is 19.9 Å². The summed E-state index contributed by atoms with van der Waals surface area (Å²) in [5, 5.41) is 0. The molecule has 0 unspecified atom stereocenters. The van der Waals surface area contributed by atoms with E-state index in [2.05, 4.69) is 4.99 Å². The van der Waals surface area contributed by atoms with Gasteiger partial charge >= 0.3 is 0 Å². The molecule has 2 aromatic heterocycles. The van der Waals surface area contributed by atoms with Crippen LogP contribution in [0.2, 0.25) is 4.34 Å². The molecular weight excluding hydrogens is 343 g/mol. The lowest BCUT2D eigenvalue weighted by Crippen LogP contribution is -2.16. The fraction of sp³-hybridized carbons (Fsp3) is 0.200. The lowest BCUT2D eigenvalue weighted by Gasteiger charge is -1.99. The minimum absolute atomic E-state index is 0.226. The molecule has 0 radical (unpaired) electrons. The van der Waals surface area contributed by atoms with Gasteiger partial charge in [-0.05, 0) is 37.3 Å². The second-order valence-electron chi connectivity index (χ2n) is 4.63. The van der Waals surface area contributed by atoms with E-state index in [1.165, 1.54) is 34.8 Å². The minimum Gasteiger partial charge on any atom is -0.317 e. The molecule has 3 nitrogen and oxygen atoms in total. The number of halogens is 2. The van der Waals surface area contributed by atoms with E-state index in [0.717, 1.165) is 15.1 Å². The Labute approximate surface area is 139 Å². The van der Waals surface area contributed by atoms with Gasteiger partial charge in [0, 0.05) is 11.4 Å². The average molecular weight is 355 g/mol. The number of hydrogen-bond donors (Lipinski definition) is 0. The number of amides is 1. The number of aryl methyl sites for hydroxylation is 1. The van der Waals surface area contributed by atoms with Crippen molar-refractivity contribution in [2.75, 3.05) is 0 Å². The molecule has 2 heterocycles. The SMILES string of the molecule is CCn1c(=NC(=O)Cc2ccc(Cl)s2)sc2cc(F)ccc21. The van der Waals surface area contributed by atoms with Crippen molar-refractivity contribution in [3.63, 3.8) is 0 Å². The number of aromatic nitrogens is 1. The number of benzene rings is 1. The highest BCUT2D eigenvalue weighted by Gasteiger charge is 2.09. The lowest BCUT2D eigenvalue weighted by atomic mass is 10.3. The fourth-order valence-electron chi connectivity index (χ4n) is 2.18. The molecule has 3 rings (SSSR count). The molecule has 0 fully saturated rings. The van der Waals surface area contributed by atoms with Gasteiger partial charge in [0.2, 0.25) is 0 Å². The van der Waals surface area contributed by atoms with Crippen molar-refractivity contribution in [3.05, 3.63) is 50.2 Å². The van der Waals surface area contributed by atoms with E-state index in [9.17, 15) is 9.18 Å². The Morgan fingerprint density at radius 1 is 1.32 bits per heavy atom. The van der Waals surface area contributed by atoms with Crippen LogP contribution in [-0.2, 0) is 17.8 Å². The average Bonchev–Trinajstić information content (AvgIpc) is 3.01. The molecule has 0 bridgehead atoms.